The summed E-state index contributed by atoms with van der Waals surface area (Å²) >= 11 is 0. The molecule has 0 bridgehead atoms. The first-order chi connectivity index (χ1) is 8.05. The fourth-order valence-corrected chi connectivity index (χ4v) is 3.37. The minimum absolute atomic E-state index is 0.0213. The molecule has 0 saturated carbocycles. The maximum Gasteiger partial charge on any atom is 0.319 e. The Morgan fingerprint density at radius 3 is 2.88 bits per heavy atom. The Hall–Kier alpha value is -1.63. The number of anilines is 1. The summed E-state index contributed by atoms with van der Waals surface area (Å²) in [5.74, 6) is 0.165. The molecule has 0 aromatic carbocycles. The van der Waals surface area contributed by atoms with Crippen LogP contribution in [0.1, 0.15) is 6.42 Å². The first-order valence-corrected chi connectivity index (χ1v) is 7.05. The first-order valence-electron chi connectivity index (χ1n) is 5.23. The highest BCUT2D eigenvalue weighted by molar-refractivity contribution is 7.91. The fraction of sp³-hybridized carbons (Fsp3) is 0.400. The van der Waals surface area contributed by atoms with Crippen LogP contribution in [0.3, 0.4) is 0 Å². The lowest BCUT2D eigenvalue weighted by atomic mass is 10.3. The van der Waals surface area contributed by atoms with Crippen molar-refractivity contribution in [2.75, 3.05) is 16.8 Å². The van der Waals surface area contributed by atoms with Gasteiger partial charge in [0.2, 0.25) is 0 Å². The number of carbonyl (C=O) groups is 1. The number of nitrogens with one attached hydrogen (secondary N) is 2. The molecule has 1 fully saturated rings. The summed E-state index contributed by atoms with van der Waals surface area (Å²) in [4.78, 5) is 15.4. The smallest absolute Gasteiger partial charge is 0.319 e. The highest BCUT2D eigenvalue weighted by Crippen LogP contribution is 2.11. The highest BCUT2D eigenvalue weighted by Gasteiger charge is 2.28. The van der Waals surface area contributed by atoms with Crippen LogP contribution in [0.15, 0.2) is 24.5 Å². The van der Waals surface area contributed by atoms with Crippen LogP contribution in [0.5, 0.6) is 0 Å². The van der Waals surface area contributed by atoms with Crippen molar-refractivity contribution in [2.45, 2.75) is 12.5 Å². The van der Waals surface area contributed by atoms with Gasteiger partial charge in [0.05, 0.1) is 23.4 Å². The van der Waals surface area contributed by atoms with E-state index in [1.54, 1.807) is 18.3 Å². The summed E-state index contributed by atoms with van der Waals surface area (Å²) in [6.45, 7) is 0. The second-order valence-corrected chi connectivity index (χ2v) is 6.17. The fourth-order valence-electron chi connectivity index (χ4n) is 1.70. The molecular weight excluding hydrogens is 242 g/mol. The van der Waals surface area contributed by atoms with Crippen LogP contribution in [0, 0.1) is 0 Å². The average molecular weight is 255 g/mol. The molecule has 0 radical (unpaired) electrons. The molecule has 1 saturated heterocycles. The minimum Gasteiger partial charge on any atom is -0.334 e. The summed E-state index contributed by atoms with van der Waals surface area (Å²) in [6, 6.07) is 2.71. The van der Waals surface area contributed by atoms with Crippen molar-refractivity contribution in [1.82, 2.24) is 10.3 Å². The monoisotopic (exact) mass is 255 g/mol. The maximum absolute atomic E-state index is 11.5. The summed E-state index contributed by atoms with van der Waals surface area (Å²) < 4.78 is 22.4. The quantitative estimate of drug-likeness (QED) is 0.800. The summed E-state index contributed by atoms with van der Waals surface area (Å²) in [7, 11) is -2.97. The number of hydrogen-bond acceptors (Lipinski definition) is 4. The zero-order valence-electron chi connectivity index (χ0n) is 9.09. The van der Waals surface area contributed by atoms with Crippen molar-refractivity contribution in [1.29, 1.82) is 0 Å². The number of aromatic nitrogens is 1. The average Bonchev–Trinajstić information content (AvgIpc) is 2.59. The Labute approximate surface area is 99.4 Å². The van der Waals surface area contributed by atoms with Crippen molar-refractivity contribution in [3.63, 3.8) is 0 Å². The van der Waals surface area contributed by atoms with E-state index in [0.717, 1.165) is 0 Å². The van der Waals surface area contributed by atoms with Crippen molar-refractivity contribution >= 4 is 21.6 Å². The third-order valence-electron chi connectivity index (χ3n) is 2.49. The largest absolute Gasteiger partial charge is 0.334 e. The Balaban J connectivity index is 1.87. The maximum atomic E-state index is 11.5. The standard InChI is InChI=1S/C10H13N3O3S/c14-10(12-8-2-1-4-11-6-8)13-9-3-5-17(15,16)7-9/h1-2,4,6,9H,3,5,7H2,(H2,12,13,14). The van der Waals surface area contributed by atoms with E-state index >= 15 is 0 Å². The van der Waals surface area contributed by atoms with Crippen LogP contribution in [-0.4, -0.2) is 37.0 Å². The van der Waals surface area contributed by atoms with Gasteiger partial charge in [-0.3, -0.25) is 4.98 Å². The van der Waals surface area contributed by atoms with Gasteiger partial charge < -0.3 is 10.6 Å². The van der Waals surface area contributed by atoms with E-state index in [1.807, 2.05) is 0 Å². The van der Waals surface area contributed by atoms with Gasteiger partial charge in [-0.2, -0.15) is 0 Å². The lowest BCUT2D eigenvalue weighted by molar-refractivity contribution is 0.249. The van der Waals surface area contributed by atoms with Gasteiger partial charge in [-0.1, -0.05) is 0 Å². The SMILES string of the molecule is O=C(Nc1cccnc1)NC1CCS(=O)(=O)C1. The number of pyridine rings is 1. The molecule has 1 aliphatic heterocycles. The highest BCUT2D eigenvalue weighted by atomic mass is 32.2. The summed E-state index contributed by atoms with van der Waals surface area (Å²) in [5, 5.41) is 5.21. The molecule has 1 aromatic heterocycles. The van der Waals surface area contributed by atoms with Gasteiger partial charge >= 0.3 is 6.03 Å². The van der Waals surface area contributed by atoms with Gasteiger partial charge in [-0.25, -0.2) is 13.2 Å². The number of carbonyl (C=O) groups excluding carboxylic acids is 1. The molecule has 2 rings (SSSR count). The van der Waals surface area contributed by atoms with E-state index in [0.29, 0.717) is 12.1 Å². The van der Waals surface area contributed by atoms with Gasteiger partial charge in [0.15, 0.2) is 9.84 Å². The van der Waals surface area contributed by atoms with Gasteiger partial charge in [0.1, 0.15) is 0 Å². The third kappa shape index (κ3) is 3.42. The van der Waals surface area contributed by atoms with Gasteiger partial charge in [0.25, 0.3) is 0 Å². The first kappa shape index (κ1) is 11.8. The molecule has 7 heteroatoms. The van der Waals surface area contributed by atoms with Crippen molar-refractivity contribution < 1.29 is 13.2 Å². The van der Waals surface area contributed by atoms with E-state index in [4.69, 9.17) is 0 Å². The third-order valence-corrected chi connectivity index (χ3v) is 4.26. The molecule has 6 nitrogen and oxygen atoms in total. The molecule has 1 unspecified atom stereocenters. The topological polar surface area (TPSA) is 88.2 Å². The molecule has 2 N–H and O–H groups in total. The second-order valence-electron chi connectivity index (χ2n) is 3.94. The number of urea groups is 1. The van der Waals surface area contributed by atoms with Crippen LogP contribution in [-0.2, 0) is 9.84 Å². The Kier molecular flexibility index (Phi) is 3.28. The van der Waals surface area contributed by atoms with Gasteiger partial charge in [0, 0.05) is 12.2 Å². The Bertz CT molecular complexity index is 501. The van der Waals surface area contributed by atoms with Crippen LogP contribution in [0.4, 0.5) is 10.5 Å². The molecule has 92 valence electrons. The molecule has 1 aliphatic rings. The number of rotatable bonds is 2. The second kappa shape index (κ2) is 4.70. The number of sulfone groups is 1. The number of nitrogens with zero attached hydrogens (tertiary/aromatic N) is 1. The van der Waals surface area contributed by atoms with Crippen molar-refractivity contribution in [3.05, 3.63) is 24.5 Å². The minimum atomic E-state index is -2.97. The van der Waals surface area contributed by atoms with Crippen LogP contribution in [0.25, 0.3) is 0 Å². The van der Waals surface area contributed by atoms with Crippen LogP contribution < -0.4 is 10.6 Å². The zero-order chi connectivity index (χ0) is 12.3. The van der Waals surface area contributed by atoms with Crippen molar-refractivity contribution in [2.24, 2.45) is 0 Å². The number of hydrogen-bond donors (Lipinski definition) is 2. The predicted molar refractivity (Wildman–Crippen MR) is 63.5 cm³/mol. The van der Waals surface area contributed by atoms with E-state index in [9.17, 15) is 13.2 Å². The molecule has 1 atom stereocenters. The summed E-state index contributed by atoms with van der Waals surface area (Å²) in [6.07, 6.45) is 3.60. The van der Waals surface area contributed by atoms with E-state index in [1.165, 1.54) is 6.20 Å². The molecule has 0 spiro atoms. The Morgan fingerprint density at radius 1 is 1.47 bits per heavy atom. The predicted octanol–water partition coefficient (Wildman–Crippen LogP) is 0.390. The lowest BCUT2D eigenvalue weighted by Gasteiger charge is -2.11. The molecule has 2 amide bonds. The van der Waals surface area contributed by atoms with E-state index < -0.39 is 15.9 Å². The van der Waals surface area contributed by atoms with Crippen LogP contribution >= 0.6 is 0 Å². The molecule has 17 heavy (non-hydrogen) atoms. The van der Waals surface area contributed by atoms with Crippen molar-refractivity contribution in [3.8, 4) is 0 Å². The molecule has 0 aliphatic carbocycles. The van der Waals surface area contributed by atoms with E-state index in [-0.39, 0.29) is 17.5 Å². The lowest BCUT2D eigenvalue weighted by Crippen LogP contribution is -2.38. The summed E-state index contributed by atoms with van der Waals surface area (Å²) in [5.41, 5.74) is 0.575. The van der Waals surface area contributed by atoms with E-state index in [2.05, 4.69) is 15.6 Å². The molecule has 1 aromatic rings. The molecular formula is C10H13N3O3S. The molecule has 2 heterocycles. The van der Waals surface area contributed by atoms with Gasteiger partial charge in [-0.15, -0.1) is 0 Å². The van der Waals surface area contributed by atoms with Crippen LogP contribution in [0.2, 0.25) is 0 Å². The number of amides is 2. The zero-order valence-corrected chi connectivity index (χ0v) is 9.90. The Morgan fingerprint density at radius 2 is 2.29 bits per heavy atom. The van der Waals surface area contributed by atoms with Gasteiger partial charge in [-0.05, 0) is 18.6 Å². The normalized spacial score (nSPS) is 22.0.